The van der Waals surface area contributed by atoms with E-state index in [9.17, 15) is 4.79 Å². The number of aromatic nitrogens is 2. The van der Waals surface area contributed by atoms with Gasteiger partial charge in [-0.2, -0.15) is 0 Å². The van der Waals surface area contributed by atoms with E-state index in [1.807, 2.05) is 36.4 Å². The number of rotatable bonds is 3. The number of hydrogen-bond acceptors (Lipinski definition) is 4. The minimum absolute atomic E-state index is 0.0372. The van der Waals surface area contributed by atoms with E-state index in [-0.39, 0.29) is 12.1 Å². The number of hydrogen-bond donors (Lipinski definition) is 1. The van der Waals surface area contributed by atoms with Gasteiger partial charge in [0.15, 0.2) is 0 Å². The molecule has 5 nitrogen and oxygen atoms in total. The van der Waals surface area contributed by atoms with Crippen LogP contribution in [-0.4, -0.2) is 32.4 Å². The fourth-order valence-corrected chi connectivity index (χ4v) is 3.49. The van der Waals surface area contributed by atoms with Crippen LogP contribution in [0.25, 0.3) is 5.69 Å². The quantitative estimate of drug-likeness (QED) is 0.942. The number of carbonyl (C=O) groups excluding carboxylic acids is 1. The topological polar surface area (TPSA) is 50.2 Å². The number of carbonyl (C=O) groups is 1. The predicted molar refractivity (Wildman–Crippen MR) is 78.8 cm³/mol. The summed E-state index contributed by atoms with van der Waals surface area (Å²) in [5.41, 5.74) is 0.581. The van der Waals surface area contributed by atoms with Crippen molar-refractivity contribution in [2.24, 2.45) is 0 Å². The predicted octanol–water partition coefficient (Wildman–Crippen LogP) is 2.16. The van der Waals surface area contributed by atoms with Crippen molar-refractivity contribution >= 4 is 17.2 Å². The van der Waals surface area contributed by atoms with Crippen LogP contribution in [0.3, 0.4) is 0 Å². The maximum Gasteiger partial charge on any atom is 0.243 e. The van der Waals surface area contributed by atoms with Gasteiger partial charge in [-0.25, -0.2) is 4.98 Å². The van der Waals surface area contributed by atoms with Crippen LogP contribution in [0, 0.1) is 0 Å². The maximum absolute atomic E-state index is 12.3. The summed E-state index contributed by atoms with van der Waals surface area (Å²) in [4.78, 5) is 19.4. The van der Waals surface area contributed by atoms with Gasteiger partial charge in [-0.05, 0) is 26.8 Å². The molecule has 1 saturated heterocycles. The first-order valence-corrected chi connectivity index (χ1v) is 7.56. The Balaban J connectivity index is 1.92. The molecule has 1 fully saturated rings. The summed E-state index contributed by atoms with van der Waals surface area (Å²) in [7, 11) is 0. The Kier molecular flexibility index (Phi) is 3.14. The molecule has 1 unspecified atom stereocenters. The van der Waals surface area contributed by atoms with Crippen LogP contribution < -0.4 is 5.32 Å². The molecule has 1 amide bonds. The maximum atomic E-state index is 12.3. The first-order chi connectivity index (χ1) is 9.53. The summed E-state index contributed by atoms with van der Waals surface area (Å²) in [6, 6.07) is 2.11. The zero-order valence-corrected chi connectivity index (χ0v) is 12.6. The largest absolute Gasteiger partial charge is 0.321 e. The normalized spacial score (nSPS) is 21.6. The molecule has 6 heteroatoms. The SMILES string of the molecule is CCN1C(=O)C(C)(C)NC1c1cc(-n2ccnc2)cs1. The molecule has 0 radical (unpaired) electrons. The van der Waals surface area contributed by atoms with E-state index in [1.165, 1.54) is 0 Å². The Labute approximate surface area is 122 Å². The van der Waals surface area contributed by atoms with Gasteiger partial charge in [-0.15, -0.1) is 11.3 Å². The number of amides is 1. The van der Waals surface area contributed by atoms with E-state index in [2.05, 4.69) is 21.7 Å². The minimum atomic E-state index is -0.500. The van der Waals surface area contributed by atoms with E-state index in [0.717, 1.165) is 10.6 Å². The van der Waals surface area contributed by atoms with E-state index < -0.39 is 5.54 Å². The molecule has 0 spiro atoms. The van der Waals surface area contributed by atoms with E-state index in [4.69, 9.17) is 0 Å². The van der Waals surface area contributed by atoms with Crippen molar-refractivity contribution in [2.75, 3.05) is 6.54 Å². The zero-order chi connectivity index (χ0) is 14.3. The van der Waals surface area contributed by atoms with Crippen molar-refractivity contribution < 1.29 is 4.79 Å². The summed E-state index contributed by atoms with van der Waals surface area (Å²) in [6.45, 7) is 6.58. The molecule has 2 aromatic heterocycles. The fourth-order valence-electron chi connectivity index (χ4n) is 2.54. The van der Waals surface area contributed by atoms with Gasteiger partial charge < -0.3 is 9.47 Å². The number of thiophene rings is 1. The molecule has 0 aliphatic carbocycles. The second kappa shape index (κ2) is 4.71. The molecular formula is C14H18N4OS. The lowest BCUT2D eigenvalue weighted by molar-refractivity contribution is -0.132. The summed E-state index contributed by atoms with van der Waals surface area (Å²) in [6.07, 6.45) is 5.42. The summed E-state index contributed by atoms with van der Waals surface area (Å²) in [5, 5.41) is 5.50. The average Bonchev–Trinajstić information content (AvgIpc) is 3.11. The van der Waals surface area contributed by atoms with Crippen LogP contribution >= 0.6 is 11.3 Å². The monoisotopic (exact) mass is 290 g/mol. The Bertz CT molecular complexity index is 617. The van der Waals surface area contributed by atoms with Crippen molar-refractivity contribution in [2.45, 2.75) is 32.5 Å². The summed E-state index contributed by atoms with van der Waals surface area (Å²) >= 11 is 1.66. The smallest absolute Gasteiger partial charge is 0.243 e. The van der Waals surface area contributed by atoms with Gasteiger partial charge in [0, 0.05) is 29.2 Å². The van der Waals surface area contributed by atoms with Crippen LogP contribution in [0.4, 0.5) is 0 Å². The number of likely N-dealkylation sites (N-methyl/N-ethyl adjacent to an activating group) is 1. The van der Waals surface area contributed by atoms with Gasteiger partial charge in [0.25, 0.3) is 0 Å². The third-order valence-electron chi connectivity index (χ3n) is 3.62. The van der Waals surface area contributed by atoms with Gasteiger partial charge in [0.1, 0.15) is 6.17 Å². The highest BCUT2D eigenvalue weighted by Crippen LogP contribution is 2.34. The molecule has 2 aromatic rings. The third-order valence-corrected chi connectivity index (χ3v) is 4.60. The van der Waals surface area contributed by atoms with Crippen molar-refractivity contribution in [3.05, 3.63) is 35.0 Å². The molecule has 3 heterocycles. The lowest BCUT2D eigenvalue weighted by Crippen LogP contribution is -2.40. The number of nitrogens with zero attached hydrogens (tertiary/aromatic N) is 3. The first-order valence-electron chi connectivity index (χ1n) is 6.68. The molecule has 3 rings (SSSR count). The number of imidazole rings is 1. The Hall–Kier alpha value is -1.66. The van der Waals surface area contributed by atoms with Crippen molar-refractivity contribution in [1.29, 1.82) is 0 Å². The van der Waals surface area contributed by atoms with Gasteiger partial charge in [0.2, 0.25) is 5.91 Å². The van der Waals surface area contributed by atoms with E-state index >= 15 is 0 Å². The molecule has 106 valence electrons. The lowest BCUT2D eigenvalue weighted by atomic mass is 10.1. The first kappa shape index (κ1) is 13.3. The Morgan fingerprint density at radius 3 is 2.95 bits per heavy atom. The third kappa shape index (κ3) is 2.05. The molecule has 1 aliphatic rings. The van der Waals surface area contributed by atoms with Crippen LogP contribution in [0.5, 0.6) is 0 Å². The molecule has 20 heavy (non-hydrogen) atoms. The van der Waals surface area contributed by atoms with Gasteiger partial charge in [-0.1, -0.05) is 0 Å². The van der Waals surface area contributed by atoms with Crippen LogP contribution in [-0.2, 0) is 4.79 Å². The molecular weight excluding hydrogens is 272 g/mol. The van der Waals surface area contributed by atoms with Crippen LogP contribution in [0.1, 0.15) is 31.8 Å². The zero-order valence-electron chi connectivity index (χ0n) is 11.8. The molecule has 0 aromatic carbocycles. The molecule has 0 saturated carbocycles. The Morgan fingerprint density at radius 2 is 2.30 bits per heavy atom. The molecule has 1 aliphatic heterocycles. The summed E-state index contributed by atoms with van der Waals surface area (Å²) in [5.74, 6) is 0.155. The van der Waals surface area contributed by atoms with Crippen molar-refractivity contribution in [3.63, 3.8) is 0 Å². The van der Waals surface area contributed by atoms with Gasteiger partial charge in [-0.3, -0.25) is 10.1 Å². The van der Waals surface area contributed by atoms with E-state index in [0.29, 0.717) is 6.54 Å². The van der Waals surface area contributed by atoms with Gasteiger partial charge >= 0.3 is 0 Å². The van der Waals surface area contributed by atoms with Crippen LogP contribution in [0.2, 0.25) is 0 Å². The average molecular weight is 290 g/mol. The molecule has 1 N–H and O–H groups in total. The summed E-state index contributed by atoms with van der Waals surface area (Å²) < 4.78 is 1.97. The Morgan fingerprint density at radius 1 is 1.50 bits per heavy atom. The minimum Gasteiger partial charge on any atom is -0.321 e. The highest BCUT2D eigenvalue weighted by Gasteiger charge is 2.44. The fraction of sp³-hybridized carbons (Fsp3) is 0.429. The van der Waals surface area contributed by atoms with E-state index in [1.54, 1.807) is 23.9 Å². The van der Waals surface area contributed by atoms with Crippen molar-refractivity contribution in [1.82, 2.24) is 19.8 Å². The molecule has 0 bridgehead atoms. The number of nitrogens with one attached hydrogen (secondary N) is 1. The lowest BCUT2D eigenvalue weighted by Gasteiger charge is -2.21. The van der Waals surface area contributed by atoms with Crippen molar-refractivity contribution in [3.8, 4) is 5.69 Å². The second-order valence-electron chi connectivity index (χ2n) is 5.44. The second-order valence-corrected chi connectivity index (χ2v) is 6.38. The van der Waals surface area contributed by atoms with Gasteiger partial charge in [0.05, 0.1) is 17.6 Å². The highest BCUT2D eigenvalue weighted by molar-refractivity contribution is 7.10. The standard InChI is InChI=1S/C14H18N4OS/c1-4-18-12(16-14(2,3)13(18)19)11-7-10(8-20-11)17-6-5-15-9-17/h5-9,12,16H,4H2,1-3H3. The highest BCUT2D eigenvalue weighted by atomic mass is 32.1. The van der Waals surface area contributed by atoms with Crippen LogP contribution in [0.15, 0.2) is 30.2 Å². The molecule has 1 atom stereocenters.